The number of fused-ring (bicyclic) bond motifs is 1. The molecule has 26 heteroatoms. The predicted octanol–water partition coefficient (Wildman–Crippen LogP) is 1.53. The molecule has 26 nitrogen and oxygen atoms in total. The second kappa shape index (κ2) is 35.2. The molecule has 1 heterocycles. The van der Waals surface area contributed by atoms with Gasteiger partial charge in [0.1, 0.15) is 47.8 Å². The average molecular weight is 1270 g/mol. The minimum Gasteiger partial charge on any atom is -0.508 e. The number of carbonyl (C=O) groups excluding carboxylic acids is 9. The van der Waals surface area contributed by atoms with Crippen LogP contribution in [0.15, 0.2) is 109 Å². The van der Waals surface area contributed by atoms with Gasteiger partial charge in [-0.1, -0.05) is 92.9 Å². The number of rotatable bonds is 34. The van der Waals surface area contributed by atoms with Crippen molar-refractivity contribution in [3.63, 3.8) is 0 Å². The van der Waals surface area contributed by atoms with E-state index in [-0.39, 0.29) is 68.4 Å². The molecule has 92 heavy (non-hydrogen) atoms. The fourth-order valence-corrected chi connectivity index (χ4v) is 11.2. The van der Waals surface area contributed by atoms with Crippen molar-refractivity contribution in [3.8, 4) is 11.5 Å². The number of nitrogens with one attached hydrogen (secondary N) is 7. The number of guanidine groups is 1. The van der Waals surface area contributed by atoms with E-state index in [1.54, 1.807) is 38.1 Å². The van der Waals surface area contributed by atoms with Gasteiger partial charge >= 0.3 is 0 Å². The number of aliphatic imine (C=N–C) groups is 1. The van der Waals surface area contributed by atoms with Crippen molar-refractivity contribution in [1.29, 1.82) is 0 Å². The number of aliphatic hydroxyl groups excluding tert-OH is 1. The number of phenols is 2. The van der Waals surface area contributed by atoms with Crippen molar-refractivity contribution in [1.82, 2.24) is 56.6 Å². The Labute approximate surface area is 536 Å². The number of aromatic amines is 1. The van der Waals surface area contributed by atoms with E-state index in [0.717, 1.165) is 46.3 Å². The molecule has 14 N–H and O–H groups in total. The number of phenolic OH excluding ortho intramolecular Hbond substituents is 2. The van der Waals surface area contributed by atoms with Crippen LogP contribution in [0.4, 0.5) is 0 Å². The highest BCUT2D eigenvalue weighted by atomic mass is 16.3. The summed E-state index contributed by atoms with van der Waals surface area (Å²) in [6.07, 6.45) is 6.81. The van der Waals surface area contributed by atoms with E-state index in [1.165, 1.54) is 74.8 Å². The molecule has 1 aliphatic rings. The van der Waals surface area contributed by atoms with Gasteiger partial charge in [-0.05, 0) is 104 Å². The molecule has 0 radical (unpaired) electrons. The van der Waals surface area contributed by atoms with Gasteiger partial charge in [0, 0.05) is 71.2 Å². The van der Waals surface area contributed by atoms with E-state index in [1.807, 2.05) is 37.3 Å². The number of imidazole rings is 1. The van der Waals surface area contributed by atoms with Gasteiger partial charge in [0.05, 0.1) is 31.6 Å². The number of carbonyl (C=O) groups is 9. The summed E-state index contributed by atoms with van der Waals surface area (Å²) in [7, 11) is 2.67. The van der Waals surface area contributed by atoms with Gasteiger partial charge in [-0.15, -0.1) is 0 Å². The van der Waals surface area contributed by atoms with Gasteiger partial charge in [0.15, 0.2) is 11.7 Å². The highest BCUT2D eigenvalue weighted by molar-refractivity contribution is 5.99. The molecule has 0 aliphatic heterocycles. The number of amides is 8. The number of hydrogen-bond donors (Lipinski definition) is 12. The fourth-order valence-electron chi connectivity index (χ4n) is 11.2. The van der Waals surface area contributed by atoms with Gasteiger partial charge in [-0.3, -0.25) is 48.1 Å². The smallest absolute Gasteiger partial charge is 0.246 e. The molecular formula is C66H90N14O12. The summed E-state index contributed by atoms with van der Waals surface area (Å²) in [5.74, 6) is -6.49. The van der Waals surface area contributed by atoms with Crippen LogP contribution in [0.5, 0.6) is 11.5 Å². The standard InChI is InChI=1S/C66H90N14O12/c1-7-30-70-40(2)59(86)52(21-14-31-71-66(67)68)74-60(87)41(3)80(48-18-9-8-10-19-48)65(92)55(33-44-24-28-50(84)29-25-44)76-61(88)53(32-43-22-26-49(83)27-23-43)75-63(90)57(38-81)79(6)64(91)56(34-46-17-13-16-45-15-11-12-20-51(45)46)77-62(89)54(35-47-36-69-39-72-47)73-58(85)37-78(5)42(4)82/h11-13,15-17,20,22-29,36,39-41,48,52-57,70,81,83-84H,7-10,14,18-19,21,30-35,37-38H2,1-6H3,(H,69,72)(H,73,85)(H,74,87)(H,75,90)(H,76,88)(H,77,89)(H4,67,68,71)/t40?,41-,52-,53-,54-,55+,56-,57-/m0/s1. The Balaban J connectivity index is 1.34. The van der Waals surface area contributed by atoms with E-state index in [9.17, 15) is 44.1 Å². The molecule has 6 rings (SSSR count). The van der Waals surface area contributed by atoms with Crippen LogP contribution in [0, 0.1) is 0 Å². The van der Waals surface area contributed by atoms with Crippen LogP contribution in [0.2, 0.25) is 0 Å². The lowest BCUT2D eigenvalue weighted by molar-refractivity contribution is -0.147. The van der Waals surface area contributed by atoms with Gasteiger partial charge in [-0.25, -0.2) is 4.98 Å². The summed E-state index contributed by atoms with van der Waals surface area (Å²) in [4.78, 5) is 144. The van der Waals surface area contributed by atoms with Crippen LogP contribution in [0.1, 0.15) is 101 Å². The summed E-state index contributed by atoms with van der Waals surface area (Å²) >= 11 is 0. The van der Waals surface area contributed by atoms with Gasteiger partial charge in [-0.2, -0.15) is 0 Å². The van der Waals surface area contributed by atoms with Crippen LogP contribution >= 0.6 is 0 Å². The maximum Gasteiger partial charge on any atom is 0.246 e. The van der Waals surface area contributed by atoms with Gasteiger partial charge in [0.25, 0.3) is 0 Å². The molecule has 1 aliphatic carbocycles. The number of hydrogen-bond acceptors (Lipinski definition) is 15. The molecule has 496 valence electrons. The zero-order chi connectivity index (χ0) is 67.0. The van der Waals surface area contributed by atoms with Crippen molar-refractivity contribution in [2.75, 3.05) is 40.3 Å². The third kappa shape index (κ3) is 21.1. The Hall–Kier alpha value is -9.43. The first-order chi connectivity index (χ1) is 44.0. The van der Waals surface area contributed by atoms with Crippen LogP contribution < -0.4 is 43.4 Å². The second-order valence-corrected chi connectivity index (χ2v) is 23.5. The number of aromatic nitrogens is 2. The summed E-state index contributed by atoms with van der Waals surface area (Å²) in [5, 5.41) is 50.5. The molecule has 5 aromatic rings. The summed E-state index contributed by atoms with van der Waals surface area (Å²) in [6.45, 7) is 5.88. The van der Waals surface area contributed by atoms with Crippen LogP contribution in [0.3, 0.4) is 0 Å². The van der Waals surface area contributed by atoms with E-state index in [0.29, 0.717) is 48.2 Å². The van der Waals surface area contributed by atoms with E-state index >= 15 is 14.4 Å². The molecule has 1 unspecified atom stereocenters. The van der Waals surface area contributed by atoms with E-state index in [2.05, 4.69) is 46.9 Å². The van der Waals surface area contributed by atoms with E-state index < -0.39 is 108 Å². The average Bonchev–Trinajstić information content (AvgIpc) is 0.965. The van der Waals surface area contributed by atoms with E-state index in [4.69, 9.17) is 11.5 Å². The highest BCUT2D eigenvalue weighted by Crippen LogP contribution is 2.27. The monoisotopic (exact) mass is 1270 g/mol. The Morgan fingerprint density at radius 2 is 1.26 bits per heavy atom. The van der Waals surface area contributed by atoms with Crippen molar-refractivity contribution < 1.29 is 58.5 Å². The number of nitrogens with zero attached hydrogens (tertiary/aromatic N) is 5. The van der Waals surface area contributed by atoms with Crippen LogP contribution in [-0.4, -0.2) is 194 Å². The highest BCUT2D eigenvalue weighted by Gasteiger charge is 2.41. The fraction of sp³-hybridized carbons (Fsp3) is 0.470. The number of Topliss-reactive ketones (excluding diaryl/α,β-unsaturated/α-hetero) is 1. The van der Waals surface area contributed by atoms with Crippen molar-refractivity contribution in [2.24, 2.45) is 16.5 Å². The molecule has 0 bridgehead atoms. The summed E-state index contributed by atoms with van der Waals surface area (Å²) in [6, 6.07) is 13.8. The summed E-state index contributed by atoms with van der Waals surface area (Å²) < 4.78 is 0. The molecule has 0 saturated heterocycles. The quantitative estimate of drug-likeness (QED) is 0.0158. The molecule has 8 atom stereocenters. The Kier molecular flexibility index (Phi) is 27.4. The largest absolute Gasteiger partial charge is 0.508 e. The van der Waals surface area contributed by atoms with Gasteiger partial charge in [0.2, 0.25) is 47.3 Å². The van der Waals surface area contributed by atoms with Crippen molar-refractivity contribution >= 4 is 69.8 Å². The first-order valence-corrected chi connectivity index (χ1v) is 31.2. The Morgan fingerprint density at radius 3 is 1.85 bits per heavy atom. The topological polar surface area (TPSA) is 389 Å². The molecular weight excluding hydrogens is 1180 g/mol. The van der Waals surface area contributed by atoms with Crippen molar-refractivity contribution in [2.45, 2.75) is 159 Å². The first kappa shape index (κ1) is 71.6. The number of likely N-dealkylation sites (N-methyl/N-ethyl adjacent to an activating group) is 2. The Bertz CT molecular complexity index is 3310. The van der Waals surface area contributed by atoms with Crippen LogP contribution in [-0.2, 0) is 68.8 Å². The Morgan fingerprint density at radius 1 is 0.685 bits per heavy atom. The van der Waals surface area contributed by atoms with Gasteiger partial charge < -0.3 is 78.4 Å². The predicted molar refractivity (Wildman–Crippen MR) is 346 cm³/mol. The SMILES string of the molecule is CCCNC(C)C(=O)[C@H](CCCN=C(N)N)NC(=O)[C@H](C)N(C(=O)[C@@H](Cc1ccc(O)cc1)NC(=O)[C@H](Cc1ccc(O)cc1)NC(=O)[C@H](CO)N(C)C(=O)[C@H](Cc1cccc2ccccc12)NC(=O)[C@H](Cc1cnc[nH]1)NC(=O)CN(C)C(C)=O)C1CCCCC1. The third-order valence-corrected chi connectivity index (χ3v) is 16.5. The first-order valence-electron chi connectivity index (χ1n) is 31.2. The minimum absolute atomic E-state index is 0.0640. The lowest BCUT2D eigenvalue weighted by Gasteiger charge is -2.40. The summed E-state index contributed by atoms with van der Waals surface area (Å²) in [5.41, 5.74) is 13.2. The normalized spacial score (nSPS) is 14.9. The molecule has 8 amide bonds. The lowest BCUT2D eigenvalue weighted by Crippen LogP contribution is -2.63. The van der Waals surface area contributed by atoms with Crippen molar-refractivity contribution in [3.05, 3.63) is 126 Å². The third-order valence-electron chi connectivity index (χ3n) is 16.5. The number of ketones is 1. The lowest BCUT2D eigenvalue weighted by atomic mass is 9.91. The number of benzene rings is 4. The zero-order valence-electron chi connectivity index (χ0n) is 53.2. The molecule has 4 aromatic carbocycles. The molecule has 0 spiro atoms. The molecule has 1 saturated carbocycles. The second-order valence-electron chi connectivity index (χ2n) is 23.5. The minimum atomic E-state index is -1.73. The number of nitrogens with two attached hydrogens (primary N) is 2. The maximum absolute atomic E-state index is 15.7. The molecule has 1 aromatic heterocycles. The zero-order valence-corrected chi connectivity index (χ0v) is 53.2. The number of aromatic hydroxyl groups is 2. The number of H-pyrrole nitrogens is 1. The maximum atomic E-state index is 15.7. The van der Waals surface area contributed by atoms with Crippen LogP contribution in [0.25, 0.3) is 10.8 Å². The number of aliphatic hydroxyl groups is 1. The molecule has 1 fully saturated rings.